The molecular weight excluding hydrogens is 186 g/mol. The number of nitrogens with one attached hydrogen (secondary N) is 2. The Morgan fingerprint density at radius 2 is 1.93 bits per heavy atom. The van der Waals surface area contributed by atoms with Gasteiger partial charge < -0.3 is 11.1 Å². The number of guanidine groups is 1. The molecule has 0 aliphatic rings. The van der Waals surface area contributed by atoms with Crippen molar-refractivity contribution < 1.29 is 0 Å². The summed E-state index contributed by atoms with van der Waals surface area (Å²) in [6.45, 7) is 6.27. The predicted octanol–water partition coefficient (Wildman–Crippen LogP) is 2.24. The molecule has 82 valence electrons. The van der Waals surface area contributed by atoms with E-state index in [4.69, 9.17) is 11.1 Å². The first-order valence-electron chi connectivity index (χ1n) is 5.23. The van der Waals surface area contributed by atoms with E-state index in [2.05, 4.69) is 44.3 Å². The van der Waals surface area contributed by atoms with E-state index in [0.717, 1.165) is 6.42 Å². The zero-order valence-corrected chi connectivity index (χ0v) is 9.59. The largest absolute Gasteiger partial charge is 0.370 e. The Morgan fingerprint density at radius 1 is 1.40 bits per heavy atom. The van der Waals surface area contributed by atoms with Crippen LogP contribution in [0.5, 0.6) is 0 Å². The highest BCUT2D eigenvalue weighted by Crippen LogP contribution is 2.23. The van der Waals surface area contributed by atoms with Gasteiger partial charge in [0, 0.05) is 0 Å². The number of aryl methyl sites for hydroxylation is 2. The molecule has 3 nitrogen and oxygen atoms in total. The normalized spacial score (nSPS) is 12.2. The van der Waals surface area contributed by atoms with E-state index in [0.29, 0.717) is 0 Å². The van der Waals surface area contributed by atoms with Gasteiger partial charge >= 0.3 is 0 Å². The smallest absolute Gasteiger partial charge is 0.186 e. The Hall–Kier alpha value is -1.51. The molecule has 15 heavy (non-hydrogen) atoms. The topological polar surface area (TPSA) is 61.9 Å². The highest BCUT2D eigenvalue weighted by Gasteiger charge is 2.13. The molecule has 4 N–H and O–H groups in total. The molecule has 0 amide bonds. The maximum Gasteiger partial charge on any atom is 0.186 e. The Morgan fingerprint density at radius 3 is 2.33 bits per heavy atom. The fourth-order valence-electron chi connectivity index (χ4n) is 1.94. The van der Waals surface area contributed by atoms with Gasteiger partial charge in [0.2, 0.25) is 0 Å². The summed E-state index contributed by atoms with van der Waals surface area (Å²) in [5, 5.41) is 10.3. The zero-order chi connectivity index (χ0) is 11.4. The van der Waals surface area contributed by atoms with Crippen molar-refractivity contribution in [2.45, 2.75) is 33.2 Å². The van der Waals surface area contributed by atoms with Crippen molar-refractivity contribution in [1.82, 2.24) is 5.32 Å². The van der Waals surface area contributed by atoms with Crippen LogP contribution in [0.15, 0.2) is 18.2 Å². The molecule has 0 aromatic heterocycles. The van der Waals surface area contributed by atoms with Gasteiger partial charge in [0.15, 0.2) is 5.96 Å². The standard InChI is InChI=1S/C12H19N3/c1-4-10(15-12(13)14)11-8(2)6-5-7-9(11)3/h5-7,10H,4H2,1-3H3,(H4,13,14,15). The molecule has 0 saturated heterocycles. The van der Waals surface area contributed by atoms with Gasteiger partial charge in [0.25, 0.3) is 0 Å². The first-order valence-corrected chi connectivity index (χ1v) is 5.23. The number of benzene rings is 1. The van der Waals surface area contributed by atoms with E-state index in [9.17, 15) is 0 Å². The minimum atomic E-state index is 0.0319. The van der Waals surface area contributed by atoms with Crippen molar-refractivity contribution in [3.63, 3.8) is 0 Å². The van der Waals surface area contributed by atoms with Crippen LogP contribution in [0.25, 0.3) is 0 Å². The minimum Gasteiger partial charge on any atom is -0.370 e. The maximum atomic E-state index is 7.29. The molecule has 0 saturated carbocycles. The van der Waals surface area contributed by atoms with E-state index < -0.39 is 0 Å². The second-order valence-corrected chi connectivity index (χ2v) is 3.82. The van der Waals surface area contributed by atoms with Crippen LogP contribution >= 0.6 is 0 Å². The Balaban J connectivity index is 3.05. The second kappa shape index (κ2) is 4.82. The third kappa shape index (κ3) is 2.72. The van der Waals surface area contributed by atoms with Gasteiger partial charge in [-0.2, -0.15) is 0 Å². The highest BCUT2D eigenvalue weighted by atomic mass is 15.1. The quantitative estimate of drug-likeness (QED) is 0.523. The van der Waals surface area contributed by atoms with Gasteiger partial charge in [-0.25, -0.2) is 0 Å². The lowest BCUT2D eigenvalue weighted by Gasteiger charge is -2.21. The number of rotatable bonds is 3. The van der Waals surface area contributed by atoms with E-state index in [1.54, 1.807) is 0 Å². The zero-order valence-electron chi connectivity index (χ0n) is 9.59. The predicted molar refractivity (Wildman–Crippen MR) is 64.0 cm³/mol. The molecule has 1 aromatic carbocycles. The van der Waals surface area contributed by atoms with Crippen LogP contribution in [-0.2, 0) is 0 Å². The monoisotopic (exact) mass is 205 g/mol. The molecule has 0 bridgehead atoms. The molecule has 0 aliphatic heterocycles. The molecule has 1 aromatic rings. The number of nitrogens with two attached hydrogens (primary N) is 1. The second-order valence-electron chi connectivity index (χ2n) is 3.82. The maximum absolute atomic E-state index is 7.29. The SMILES string of the molecule is CCC(NC(=N)N)c1c(C)cccc1C. The van der Waals surface area contributed by atoms with Gasteiger partial charge in [-0.3, -0.25) is 5.41 Å². The molecule has 0 spiro atoms. The van der Waals surface area contributed by atoms with Gasteiger partial charge in [-0.05, 0) is 37.0 Å². The van der Waals surface area contributed by atoms with Crippen LogP contribution in [0.1, 0.15) is 36.1 Å². The van der Waals surface area contributed by atoms with Crippen LogP contribution < -0.4 is 11.1 Å². The molecule has 1 atom stereocenters. The Labute approximate surface area is 91.2 Å². The lowest BCUT2D eigenvalue weighted by atomic mass is 9.95. The molecule has 1 rings (SSSR count). The molecule has 0 aliphatic carbocycles. The summed E-state index contributed by atoms with van der Waals surface area (Å²) in [6.07, 6.45) is 0.922. The lowest BCUT2D eigenvalue weighted by Crippen LogP contribution is -2.34. The molecule has 0 fully saturated rings. The summed E-state index contributed by atoms with van der Waals surface area (Å²) in [6, 6.07) is 6.37. The van der Waals surface area contributed by atoms with E-state index >= 15 is 0 Å². The van der Waals surface area contributed by atoms with Crippen molar-refractivity contribution in [1.29, 1.82) is 5.41 Å². The highest BCUT2D eigenvalue weighted by molar-refractivity contribution is 5.75. The third-order valence-corrected chi connectivity index (χ3v) is 2.63. The Kier molecular flexibility index (Phi) is 3.72. The molecule has 3 heteroatoms. The number of hydrogen-bond acceptors (Lipinski definition) is 1. The third-order valence-electron chi connectivity index (χ3n) is 2.63. The van der Waals surface area contributed by atoms with Gasteiger partial charge in [-0.15, -0.1) is 0 Å². The fraction of sp³-hybridized carbons (Fsp3) is 0.417. The molecular formula is C12H19N3. The number of hydrogen-bond donors (Lipinski definition) is 3. The van der Waals surface area contributed by atoms with Crippen LogP contribution in [-0.4, -0.2) is 5.96 Å². The molecule has 0 radical (unpaired) electrons. The van der Waals surface area contributed by atoms with E-state index in [1.165, 1.54) is 16.7 Å². The minimum absolute atomic E-state index is 0.0319. The van der Waals surface area contributed by atoms with Crippen LogP contribution in [0.4, 0.5) is 0 Å². The van der Waals surface area contributed by atoms with Gasteiger partial charge in [0.05, 0.1) is 6.04 Å². The van der Waals surface area contributed by atoms with Crippen LogP contribution in [0.3, 0.4) is 0 Å². The lowest BCUT2D eigenvalue weighted by molar-refractivity contribution is 0.613. The summed E-state index contributed by atoms with van der Waals surface area (Å²) < 4.78 is 0. The average molecular weight is 205 g/mol. The molecule has 0 heterocycles. The first kappa shape index (κ1) is 11.6. The van der Waals surface area contributed by atoms with Crippen molar-refractivity contribution >= 4 is 5.96 Å². The van der Waals surface area contributed by atoms with Crippen LogP contribution in [0, 0.1) is 19.3 Å². The first-order chi connectivity index (χ1) is 7.06. The summed E-state index contributed by atoms with van der Waals surface area (Å²) in [7, 11) is 0. The van der Waals surface area contributed by atoms with Crippen molar-refractivity contribution in [2.75, 3.05) is 0 Å². The summed E-state index contributed by atoms with van der Waals surface area (Å²) in [5.41, 5.74) is 9.13. The summed E-state index contributed by atoms with van der Waals surface area (Å²) >= 11 is 0. The Bertz CT molecular complexity index is 338. The van der Waals surface area contributed by atoms with Crippen molar-refractivity contribution in [2.24, 2.45) is 5.73 Å². The molecule has 1 unspecified atom stereocenters. The van der Waals surface area contributed by atoms with E-state index in [1.807, 2.05) is 0 Å². The average Bonchev–Trinajstić information content (AvgIpc) is 2.15. The fourth-order valence-corrected chi connectivity index (χ4v) is 1.94. The van der Waals surface area contributed by atoms with E-state index in [-0.39, 0.29) is 12.0 Å². The van der Waals surface area contributed by atoms with Crippen molar-refractivity contribution in [3.05, 3.63) is 34.9 Å². The summed E-state index contributed by atoms with van der Waals surface area (Å²) in [4.78, 5) is 0. The summed E-state index contributed by atoms with van der Waals surface area (Å²) in [5.74, 6) is 0.0319. The van der Waals surface area contributed by atoms with Gasteiger partial charge in [-0.1, -0.05) is 25.1 Å². The van der Waals surface area contributed by atoms with Gasteiger partial charge in [0.1, 0.15) is 0 Å². The van der Waals surface area contributed by atoms with Crippen LogP contribution in [0.2, 0.25) is 0 Å². The van der Waals surface area contributed by atoms with Crippen molar-refractivity contribution in [3.8, 4) is 0 Å².